The highest BCUT2D eigenvalue weighted by Crippen LogP contribution is 2.26. The summed E-state index contributed by atoms with van der Waals surface area (Å²) in [6.45, 7) is 1.88. The fourth-order valence-electron chi connectivity index (χ4n) is 2.09. The second-order valence-corrected chi connectivity index (χ2v) is 5.02. The lowest BCUT2D eigenvalue weighted by Crippen LogP contribution is -2.03. The van der Waals surface area contributed by atoms with Crippen LogP contribution in [0.15, 0.2) is 36.4 Å². The molecule has 0 spiro atoms. The summed E-state index contributed by atoms with van der Waals surface area (Å²) in [5.41, 5.74) is 7.80. The van der Waals surface area contributed by atoms with E-state index in [-0.39, 0.29) is 5.56 Å². The van der Waals surface area contributed by atoms with Crippen molar-refractivity contribution in [2.24, 2.45) is 0 Å². The topological polar surface area (TPSA) is 69.6 Å². The van der Waals surface area contributed by atoms with Crippen molar-refractivity contribution in [3.05, 3.63) is 52.8 Å². The number of tetrazole rings is 1. The smallest absolute Gasteiger partial charge is 0.190 e. The number of hydrogen-bond acceptors (Lipinski definition) is 4. The fraction of sp³-hybridized carbons (Fsp3) is 0.0714. The normalized spacial score (nSPS) is 10.8. The lowest BCUT2D eigenvalue weighted by Gasteiger charge is -2.09. The molecule has 0 aliphatic heterocycles. The molecule has 106 valence electrons. The van der Waals surface area contributed by atoms with Crippen molar-refractivity contribution in [3.8, 4) is 17.1 Å². The molecule has 2 N–H and O–H groups in total. The molecule has 2 aromatic carbocycles. The molecule has 5 nitrogen and oxygen atoms in total. The van der Waals surface area contributed by atoms with Gasteiger partial charge in [0.1, 0.15) is 5.82 Å². The van der Waals surface area contributed by atoms with E-state index in [1.807, 2.05) is 6.92 Å². The first-order valence-corrected chi connectivity index (χ1v) is 6.54. The summed E-state index contributed by atoms with van der Waals surface area (Å²) in [6.07, 6.45) is 0. The van der Waals surface area contributed by atoms with Crippen LogP contribution in [0.25, 0.3) is 17.1 Å². The molecular formula is C14H11ClFN5. The van der Waals surface area contributed by atoms with Crippen molar-refractivity contribution >= 4 is 17.3 Å². The van der Waals surface area contributed by atoms with Crippen molar-refractivity contribution in [2.45, 2.75) is 6.92 Å². The first-order chi connectivity index (χ1) is 10.1. The van der Waals surface area contributed by atoms with Gasteiger partial charge in [0.15, 0.2) is 5.82 Å². The highest BCUT2D eigenvalue weighted by atomic mass is 35.5. The van der Waals surface area contributed by atoms with Crippen molar-refractivity contribution in [1.29, 1.82) is 0 Å². The molecule has 0 atom stereocenters. The first kappa shape index (κ1) is 13.5. The first-order valence-electron chi connectivity index (χ1n) is 6.16. The number of rotatable bonds is 2. The Morgan fingerprint density at radius 2 is 2.00 bits per heavy atom. The molecule has 0 saturated carbocycles. The van der Waals surface area contributed by atoms with E-state index in [1.54, 1.807) is 30.3 Å². The summed E-state index contributed by atoms with van der Waals surface area (Å²) >= 11 is 5.94. The quantitative estimate of drug-likeness (QED) is 0.739. The predicted octanol–water partition coefficient (Wildman–Crippen LogP) is 3.01. The average molecular weight is 304 g/mol. The van der Waals surface area contributed by atoms with Gasteiger partial charge in [-0.25, -0.2) is 4.39 Å². The number of aromatic nitrogens is 4. The molecular weight excluding hydrogens is 293 g/mol. The van der Waals surface area contributed by atoms with Gasteiger partial charge < -0.3 is 5.73 Å². The van der Waals surface area contributed by atoms with Crippen LogP contribution in [-0.4, -0.2) is 20.2 Å². The number of benzene rings is 2. The third-order valence-electron chi connectivity index (χ3n) is 3.09. The van der Waals surface area contributed by atoms with Crippen LogP contribution >= 0.6 is 11.6 Å². The van der Waals surface area contributed by atoms with Gasteiger partial charge in [-0.3, -0.25) is 0 Å². The van der Waals surface area contributed by atoms with Crippen LogP contribution in [0.1, 0.15) is 5.56 Å². The van der Waals surface area contributed by atoms with E-state index < -0.39 is 5.82 Å². The molecule has 0 aliphatic rings. The highest BCUT2D eigenvalue weighted by Gasteiger charge is 2.16. The van der Waals surface area contributed by atoms with Crippen LogP contribution in [0.5, 0.6) is 0 Å². The minimum atomic E-state index is -0.474. The lowest BCUT2D eigenvalue weighted by atomic mass is 10.1. The minimum absolute atomic E-state index is 0.281. The Hall–Kier alpha value is -2.47. The van der Waals surface area contributed by atoms with Crippen molar-refractivity contribution in [1.82, 2.24) is 20.2 Å². The zero-order chi connectivity index (χ0) is 15.0. The van der Waals surface area contributed by atoms with Gasteiger partial charge in [0.25, 0.3) is 0 Å². The third-order valence-corrected chi connectivity index (χ3v) is 3.33. The Kier molecular flexibility index (Phi) is 3.31. The minimum Gasteiger partial charge on any atom is -0.399 e. The van der Waals surface area contributed by atoms with Crippen molar-refractivity contribution in [2.75, 3.05) is 5.73 Å². The number of nitrogens with two attached hydrogens (primary N) is 1. The van der Waals surface area contributed by atoms with Crippen molar-refractivity contribution in [3.63, 3.8) is 0 Å². The van der Waals surface area contributed by atoms with Gasteiger partial charge in [-0.1, -0.05) is 11.6 Å². The number of aryl methyl sites for hydroxylation is 1. The maximum absolute atomic E-state index is 14.1. The van der Waals surface area contributed by atoms with Gasteiger partial charge in [-0.15, -0.1) is 5.10 Å². The molecule has 0 aliphatic carbocycles. The second kappa shape index (κ2) is 5.14. The molecule has 0 amide bonds. The Morgan fingerprint density at radius 3 is 2.71 bits per heavy atom. The maximum Gasteiger partial charge on any atom is 0.190 e. The largest absolute Gasteiger partial charge is 0.399 e. The van der Waals surface area contributed by atoms with Gasteiger partial charge >= 0.3 is 0 Å². The maximum atomic E-state index is 14.1. The summed E-state index contributed by atoms with van der Waals surface area (Å²) in [5.74, 6) is -0.171. The molecule has 1 heterocycles. The molecule has 0 fully saturated rings. The van der Waals surface area contributed by atoms with E-state index in [0.717, 1.165) is 11.3 Å². The van der Waals surface area contributed by atoms with Crippen LogP contribution in [0, 0.1) is 12.7 Å². The molecule has 3 aromatic rings. The summed E-state index contributed by atoms with van der Waals surface area (Å²) < 4.78 is 15.5. The van der Waals surface area contributed by atoms with E-state index in [2.05, 4.69) is 15.5 Å². The van der Waals surface area contributed by atoms with Gasteiger partial charge in [-0.2, -0.15) is 4.68 Å². The van der Waals surface area contributed by atoms with E-state index in [0.29, 0.717) is 16.5 Å². The van der Waals surface area contributed by atoms with E-state index in [1.165, 1.54) is 10.7 Å². The van der Waals surface area contributed by atoms with E-state index in [9.17, 15) is 4.39 Å². The molecule has 1 aromatic heterocycles. The SMILES string of the molecule is Cc1cc(Cl)ccc1-n1nnnc1-c1ccc(N)cc1F. The Labute approximate surface area is 125 Å². The zero-order valence-corrected chi connectivity index (χ0v) is 11.8. The highest BCUT2D eigenvalue weighted by molar-refractivity contribution is 6.30. The van der Waals surface area contributed by atoms with E-state index >= 15 is 0 Å². The lowest BCUT2D eigenvalue weighted by molar-refractivity contribution is 0.629. The molecule has 0 bridgehead atoms. The number of hydrogen-bond donors (Lipinski definition) is 1. The Balaban J connectivity index is 2.17. The molecule has 0 unspecified atom stereocenters. The van der Waals surface area contributed by atoms with Gasteiger partial charge in [0.05, 0.1) is 11.3 Å². The van der Waals surface area contributed by atoms with Gasteiger partial charge in [0.2, 0.25) is 0 Å². The molecule has 0 saturated heterocycles. The number of nitrogens with zero attached hydrogens (tertiary/aromatic N) is 4. The van der Waals surface area contributed by atoms with Crippen LogP contribution in [0.4, 0.5) is 10.1 Å². The summed E-state index contributed by atoms with van der Waals surface area (Å²) in [5, 5.41) is 12.1. The second-order valence-electron chi connectivity index (χ2n) is 4.58. The Morgan fingerprint density at radius 1 is 1.19 bits per heavy atom. The number of nitrogen functional groups attached to an aromatic ring is 1. The fourth-order valence-corrected chi connectivity index (χ4v) is 2.31. The summed E-state index contributed by atoms with van der Waals surface area (Å²) in [4.78, 5) is 0. The average Bonchev–Trinajstić information content (AvgIpc) is 2.87. The molecule has 7 heteroatoms. The van der Waals surface area contributed by atoms with Gasteiger partial charge in [-0.05, 0) is 59.3 Å². The molecule has 0 radical (unpaired) electrons. The van der Waals surface area contributed by atoms with Crippen LogP contribution in [0.2, 0.25) is 5.02 Å². The monoisotopic (exact) mass is 303 g/mol. The number of anilines is 1. The van der Waals surface area contributed by atoms with Crippen LogP contribution in [0.3, 0.4) is 0 Å². The van der Waals surface area contributed by atoms with Gasteiger partial charge in [0, 0.05) is 10.7 Å². The summed E-state index contributed by atoms with van der Waals surface area (Å²) in [7, 11) is 0. The molecule has 3 rings (SSSR count). The summed E-state index contributed by atoms with van der Waals surface area (Å²) in [6, 6.07) is 9.70. The standard InChI is InChI=1S/C14H11ClFN5/c1-8-6-9(15)2-5-13(8)21-14(18-19-20-21)11-4-3-10(17)7-12(11)16/h2-7H,17H2,1H3. The molecule has 21 heavy (non-hydrogen) atoms. The number of halogens is 2. The predicted molar refractivity (Wildman–Crippen MR) is 78.7 cm³/mol. The van der Waals surface area contributed by atoms with Crippen LogP contribution in [-0.2, 0) is 0 Å². The Bertz CT molecular complexity index is 749. The van der Waals surface area contributed by atoms with Crippen molar-refractivity contribution < 1.29 is 4.39 Å². The zero-order valence-electron chi connectivity index (χ0n) is 11.1. The van der Waals surface area contributed by atoms with Crippen LogP contribution < -0.4 is 5.73 Å². The third kappa shape index (κ3) is 2.45. The van der Waals surface area contributed by atoms with E-state index in [4.69, 9.17) is 17.3 Å².